The van der Waals surface area contributed by atoms with Crippen LogP contribution < -0.4 is 10.6 Å². The largest absolute Gasteiger partial charge is 0.356 e. The van der Waals surface area contributed by atoms with Crippen molar-refractivity contribution in [2.45, 2.75) is 25.4 Å². The Hall–Kier alpha value is -0.830. The van der Waals surface area contributed by atoms with Gasteiger partial charge in [0, 0.05) is 29.5 Å². The number of halogens is 2. The molecule has 0 bridgehead atoms. The Balaban J connectivity index is 0.00000261. The lowest BCUT2D eigenvalue weighted by Gasteiger charge is -2.40. The van der Waals surface area contributed by atoms with E-state index >= 15 is 0 Å². The molecule has 4 nitrogen and oxygen atoms in total. The normalized spacial score (nSPS) is 20.8. The number of piperidine rings is 1. The lowest BCUT2D eigenvalue weighted by molar-refractivity contribution is 0.122. The zero-order chi connectivity index (χ0) is 18.4. The molecule has 1 aromatic carbocycles. The molecule has 148 valence electrons. The fourth-order valence-electron chi connectivity index (χ4n) is 3.72. The minimum absolute atomic E-state index is 0. The number of guanidine groups is 1. The van der Waals surface area contributed by atoms with Gasteiger partial charge in [0.15, 0.2) is 5.96 Å². The zero-order valence-electron chi connectivity index (χ0n) is 15.8. The SMILES string of the molecule is CN=C(NCc1cccs1)NCC1CCCN(C)C1c1cccc(Cl)c1.I. The fourth-order valence-corrected chi connectivity index (χ4v) is 4.57. The van der Waals surface area contributed by atoms with Crippen LogP contribution in [0.2, 0.25) is 5.02 Å². The topological polar surface area (TPSA) is 39.7 Å². The van der Waals surface area contributed by atoms with Crippen LogP contribution in [-0.2, 0) is 6.54 Å². The van der Waals surface area contributed by atoms with Crippen molar-refractivity contribution in [2.75, 3.05) is 27.2 Å². The van der Waals surface area contributed by atoms with Crippen LogP contribution in [0.25, 0.3) is 0 Å². The van der Waals surface area contributed by atoms with Crippen LogP contribution in [0, 0.1) is 5.92 Å². The van der Waals surface area contributed by atoms with Crippen LogP contribution in [0.1, 0.15) is 29.3 Å². The van der Waals surface area contributed by atoms with E-state index in [4.69, 9.17) is 11.6 Å². The van der Waals surface area contributed by atoms with Gasteiger partial charge in [-0.25, -0.2) is 0 Å². The van der Waals surface area contributed by atoms with Crippen LogP contribution in [0.3, 0.4) is 0 Å². The molecule has 2 atom stereocenters. The Morgan fingerprint density at radius 1 is 1.30 bits per heavy atom. The minimum Gasteiger partial charge on any atom is -0.356 e. The first-order valence-corrected chi connectivity index (χ1v) is 10.4. The van der Waals surface area contributed by atoms with Crippen molar-refractivity contribution < 1.29 is 0 Å². The van der Waals surface area contributed by atoms with Crippen LogP contribution in [0.5, 0.6) is 0 Å². The van der Waals surface area contributed by atoms with E-state index in [0.717, 1.165) is 30.6 Å². The van der Waals surface area contributed by atoms with Gasteiger partial charge in [-0.05, 0) is 61.5 Å². The Kier molecular flexibility index (Phi) is 9.35. The summed E-state index contributed by atoms with van der Waals surface area (Å²) in [7, 11) is 4.03. The van der Waals surface area contributed by atoms with E-state index in [9.17, 15) is 0 Å². The smallest absolute Gasteiger partial charge is 0.191 e. The maximum atomic E-state index is 6.24. The molecular formula is C20H28ClIN4S. The molecule has 7 heteroatoms. The lowest BCUT2D eigenvalue weighted by atomic mass is 9.85. The van der Waals surface area contributed by atoms with Gasteiger partial charge < -0.3 is 10.6 Å². The molecule has 27 heavy (non-hydrogen) atoms. The summed E-state index contributed by atoms with van der Waals surface area (Å²) in [5, 5.41) is 9.83. The molecule has 0 saturated carbocycles. The molecule has 1 aliphatic heterocycles. The second kappa shape index (κ2) is 11.2. The van der Waals surface area contributed by atoms with E-state index in [1.165, 1.54) is 23.3 Å². The number of hydrogen-bond donors (Lipinski definition) is 2. The van der Waals surface area contributed by atoms with Crippen molar-refractivity contribution in [2.24, 2.45) is 10.9 Å². The summed E-state index contributed by atoms with van der Waals surface area (Å²) < 4.78 is 0. The molecular weight excluding hydrogens is 491 g/mol. The summed E-state index contributed by atoms with van der Waals surface area (Å²) in [6.45, 7) is 2.82. The van der Waals surface area contributed by atoms with Crippen molar-refractivity contribution in [3.63, 3.8) is 0 Å². The van der Waals surface area contributed by atoms with E-state index in [1.807, 2.05) is 19.2 Å². The van der Waals surface area contributed by atoms with E-state index in [-0.39, 0.29) is 24.0 Å². The predicted octanol–water partition coefficient (Wildman–Crippen LogP) is 4.77. The van der Waals surface area contributed by atoms with Crippen LogP contribution >= 0.6 is 46.9 Å². The van der Waals surface area contributed by atoms with E-state index in [0.29, 0.717) is 12.0 Å². The highest BCUT2D eigenvalue weighted by Crippen LogP contribution is 2.35. The maximum absolute atomic E-state index is 6.24. The van der Waals surface area contributed by atoms with Gasteiger partial charge >= 0.3 is 0 Å². The van der Waals surface area contributed by atoms with Gasteiger partial charge in [-0.1, -0.05) is 29.8 Å². The number of nitrogens with zero attached hydrogens (tertiary/aromatic N) is 2. The molecule has 2 unspecified atom stereocenters. The van der Waals surface area contributed by atoms with Gasteiger partial charge in [-0.2, -0.15) is 0 Å². The lowest BCUT2D eigenvalue weighted by Crippen LogP contribution is -2.44. The van der Waals surface area contributed by atoms with Gasteiger partial charge in [0.05, 0.1) is 6.54 Å². The van der Waals surface area contributed by atoms with Crippen molar-refractivity contribution >= 4 is 52.9 Å². The summed E-state index contributed by atoms with van der Waals surface area (Å²) >= 11 is 7.99. The Bertz CT molecular complexity index is 723. The first-order valence-electron chi connectivity index (χ1n) is 9.10. The van der Waals surface area contributed by atoms with Crippen LogP contribution in [-0.4, -0.2) is 38.0 Å². The Labute approximate surface area is 188 Å². The number of rotatable bonds is 5. The second-order valence-corrected chi connectivity index (χ2v) is 8.24. The van der Waals surface area contributed by atoms with Crippen molar-refractivity contribution in [3.05, 3.63) is 57.2 Å². The van der Waals surface area contributed by atoms with E-state index in [2.05, 4.69) is 57.2 Å². The third kappa shape index (κ3) is 6.34. The third-order valence-electron chi connectivity index (χ3n) is 4.96. The van der Waals surface area contributed by atoms with Gasteiger partial charge in [0.25, 0.3) is 0 Å². The first kappa shape index (κ1) is 22.5. The van der Waals surface area contributed by atoms with Gasteiger partial charge in [-0.15, -0.1) is 35.3 Å². The average molecular weight is 519 g/mol. The second-order valence-electron chi connectivity index (χ2n) is 6.77. The number of benzene rings is 1. The minimum atomic E-state index is 0. The highest BCUT2D eigenvalue weighted by Gasteiger charge is 2.30. The van der Waals surface area contributed by atoms with Crippen LogP contribution in [0.4, 0.5) is 0 Å². The number of nitrogens with one attached hydrogen (secondary N) is 2. The summed E-state index contributed by atoms with van der Waals surface area (Å²) in [5.74, 6) is 1.38. The van der Waals surface area contributed by atoms with Crippen LogP contribution in [0.15, 0.2) is 46.8 Å². The number of likely N-dealkylation sites (tertiary alicyclic amines) is 1. The molecule has 0 aliphatic carbocycles. The summed E-state index contributed by atoms with van der Waals surface area (Å²) in [6, 6.07) is 12.9. The first-order chi connectivity index (χ1) is 12.7. The number of hydrogen-bond acceptors (Lipinski definition) is 3. The van der Waals surface area contributed by atoms with E-state index in [1.54, 1.807) is 11.3 Å². The highest BCUT2D eigenvalue weighted by atomic mass is 127. The average Bonchev–Trinajstić information content (AvgIpc) is 3.15. The van der Waals surface area contributed by atoms with Crippen molar-refractivity contribution in [3.8, 4) is 0 Å². The molecule has 1 aromatic heterocycles. The van der Waals surface area contributed by atoms with Crippen molar-refractivity contribution in [1.29, 1.82) is 0 Å². The molecule has 0 radical (unpaired) electrons. The number of aliphatic imine (C=N–C) groups is 1. The molecule has 3 rings (SSSR count). The van der Waals surface area contributed by atoms with Gasteiger partial charge in [0.1, 0.15) is 0 Å². The summed E-state index contributed by atoms with van der Waals surface area (Å²) in [6.07, 6.45) is 2.43. The Morgan fingerprint density at radius 2 is 2.15 bits per heavy atom. The quantitative estimate of drug-likeness (QED) is 0.340. The Morgan fingerprint density at radius 3 is 2.85 bits per heavy atom. The molecule has 1 fully saturated rings. The highest BCUT2D eigenvalue weighted by molar-refractivity contribution is 14.0. The molecule has 2 heterocycles. The molecule has 1 saturated heterocycles. The van der Waals surface area contributed by atoms with Gasteiger partial charge in [-0.3, -0.25) is 9.89 Å². The monoisotopic (exact) mass is 518 g/mol. The zero-order valence-corrected chi connectivity index (χ0v) is 19.7. The fraction of sp³-hybridized carbons (Fsp3) is 0.450. The van der Waals surface area contributed by atoms with Gasteiger partial charge in [0.2, 0.25) is 0 Å². The summed E-state index contributed by atoms with van der Waals surface area (Å²) in [5.41, 5.74) is 1.30. The van der Waals surface area contributed by atoms with E-state index < -0.39 is 0 Å². The predicted molar refractivity (Wildman–Crippen MR) is 127 cm³/mol. The molecule has 2 N–H and O–H groups in total. The van der Waals surface area contributed by atoms with Crippen molar-refractivity contribution in [1.82, 2.24) is 15.5 Å². The standard InChI is InChI=1S/C20H27ClN4S.HI/c1-22-20(24-14-18-9-5-11-26-18)23-13-16-7-4-10-25(2)19(16)15-6-3-8-17(21)12-15;/h3,5-6,8-9,11-12,16,19H,4,7,10,13-14H2,1-2H3,(H2,22,23,24);1H. The maximum Gasteiger partial charge on any atom is 0.191 e. The molecule has 2 aromatic rings. The molecule has 1 aliphatic rings. The summed E-state index contributed by atoms with van der Waals surface area (Å²) in [4.78, 5) is 8.12. The number of thiophene rings is 1. The molecule has 0 amide bonds. The third-order valence-corrected chi connectivity index (χ3v) is 6.07. The molecule has 0 spiro atoms.